The van der Waals surface area contributed by atoms with Gasteiger partial charge in [-0.1, -0.05) is 25.1 Å². The maximum atomic E-state index is 13.6. The van der Waals surface area contributed by atoms with Gasteiger partial charge in [-0.05, 0) is 37.8 Å². The van der Waals surface area contributed by atoms with Crippen molar-refractivity contribution >= 4 is 11.8 Å². The fourth-order valence-corrected chi connectivity index (χ4v) is 2.86. The second-order valence-corrected chi connectivity index (χ2v) is 6.38. The minimum atomic E-state index is -0.221. The molecule has 0 aromatic heterocycles. The molecule has 1 saturated heterocycles. The quantitative estimate of drug-likeness (QED) is 0.839. The number of nitrogens with zero attached hydrogens (tertiary/aromatic N) is 1. The number of amides is 2. The summed E-state index contributed by atoms with van der Waals surface area (Å²) in [4.78, 5) is 25.6. The summed E-state index contributed by atoms with van der Waals surface area (Å²) in [5, 5.41) is 2.95. The number of likely N-dealkylation sites (tertiary alicyclic amines) is 1. The Morgan fingerprint density at radius 1 is 1.35 bits per heavy atom. The number of carbonyl (C=O) groups excluding carboxylic acids is 2. The summed E-state index contributed by atoms with van der Waals surface area (Å²) in [5.41, 5.74) is 0.642. The van der Waals surface area contributed by atoms with Crippen LogP contribution >= 0.6 is 0 Å². The number of benzene rings is 1. The van der Waals surface area contributed by atoms with Crippen LogP contribution in [-0.2, 0) is 16.0 Å². The van der Waals surface area contributed by atoms with Crippen LogP contribution in [-0.4, -0.2) is 35.8 Å². The molecular formula is C18H25FN2O2. The summed E-state index contributed by atoms with van der Waals surface area (Å²) < 4.78 is 13.6. The summed E-state index contributed by atoms with van der Waals surface area (Å²) in [6.07, 6.45) is 2.65. The Bertz CT molecular complexity index is 562. The average Bonchev–Trinajstić information content (AvgIpc) is 2.91. The van der Waals surface area contributed by atoms with Gasteiger partial charge in [0.05, 0.1) is 0 Å². The summed E-state index contributed by atoms with van der Waals surface area (Å²) in [5.74, 6) is -0.286. The molecule has 0 bridgehead atoms. The van der Waals surface area contributed by atoms with Crippen molar-refractivity contribution in [3.63, 3.8) is 0 Å². The molecule has 2 amide bonds. The van der Waals surface area contributed by atoms with Gasteiger partial charge in [0, 0.05) is 31.5 Å². The fourth-order valence-electron chi connectivity index (χ4n) is 2.86. The monoisotopic (exact) mass is 320 g/mol. The number of rotatable bonds is 7. The SMILES string of the molecule is C[C@@H](CN1CCCC1=O)NC(=O)[C@@H](C)CCc1ccccc1F. The van der Waals surface area contributed by atoms with Gasteiger partial charge in [0.15, 0.2) is 0 Å². The first-order valence-corrected chi connectivity index (χ1v) is 8.29. The van der Waals surface area contributed by atoms with Crippen molar-refractivity contribution in [2.45, 2.75) is 45.6 Å². The number of hydrogen-bond acceptors (Lipinski definition) is 2. The van der Waals surface area contributed by atoms with Crippen molar-refractivity contribution < 1.29 is 14.0 Å². The van der Waals surface area contributed by atoms with Gasteiger partial charge in [0.25, 0.3) is 0 Å². The molecule has 2 atom stereocenters. The van der Waals surface area contributed by atoms with E-state index in [0.717, 1.165) is 13.0 Å². The number of carbonyl (C=O) groups is 2. The van der Waals surface area contributed by atoms with Crippen LogP contribution in [0.5, 0.6) is 0 Å². The molecule has 1 heterocycles. The second-order valence-electron chi connectivity index (χ2n) is 6.38. The van der Waals surface area contributed by atoms with Gasteiger partial charge in [-0.15, -0.1) is 0 Å². The first-order valence-electron chi connectivity index (χ1n) is 8.29. The highest BCUT2D eigenvalue weighted by atomic mass is 19.1. The molecule has 23 heavy (non-hydrogen) atoms. The van der Waals surface area contributed by atoms with Crippen LogP contribution in [0, 0.1) is 11.7 Å². The van der Waals surface area contributed by atoms with E-state index < -0.39 is 0 Å². The van der Waals surface area contributed by atoms with E-state index in [1.54, 1.807) is 23.1 Å². The lowest BCUT2D eigenvalue weighted by Crippen LogP contribution is -2.44. The van der Waals surface area contributed by atoms with Gasteiger partial charge in [-0.3, -0.25) is 9.59 Å². The minimum absolute atomic E-state index is 0.0412. The maximum Gasteiger partial charge on any atom is 0.223 e. The predicted octanol–water partition coefficient (Wildman–Crippen LogP) is 2.52. The summed E-state index contributed by atoms with van der Waals surface area (Å²) in [6.45, 7) is 5.10. The van der Waals surface area contributed by atoms with Crippen LogP contribution in [0.1, 0.15) is 38.7 Å². The van der Waals surface area contributed by atoms with Crippen molar-refractivity contribution in [2.24, 2.45) is 5.92 Å². The molecular weight excluding hydrogens is 295 g/mol. The lowest BCUT2D eigenvalue weighted by atomic mass is 10.00. The average molecular weight is 320 g/mol. The standard InChI is InChI=1S/C18H25FN2O2/c1-13(9-10-15-6-3-4-7-16(15)19)18(23)20-14(2)12-21-11-5-8-17(21)22/h3-4,6-7,13-14H,5,8-12H2,1-2H3,(H,20,23)/t13-,14-/m0/s1. The van der Waals surface area contributed by atoms with E-state index in [1.165, 1.54) is 6.07 Å². The Kier molecular flexibility index (Phi) is 6.13. The van der Waals surface area contributed by atoms with Gasteiger partial charge < -0.3 is 10.2 Å². The molecule has 0 radical (unpaired) electrons. The first kappa shape index (κ1) is 17.4. The Balaban J connectivity index is 1.76. The largest absolute Gasteiger partial charge is 0.352 e. The maximum absolute atomic E-state index is 13.6. The molecule has 126 valence electrons. The van der Waals surface area contributed by atoms with Crippen molar-refractivity contribution in [3.8, 4) is 0 Å². The fraction of sp³-hybridized carbons (Fsp3) is 0.556. The van der Waals surface area contributed by atoms with Gasteiger partial charge in [0.2, 0.25) is 11.8 Å². The molecule has 0 aliphatic carbocycles. The van der Waals surface area contributed by atoms with Gasteiger partial charge >= 0.3 is 0 Å². The molecule has 1 N–H and O–H groups in total. The molecule has 1 aromatic carbocycles. The van der Waals surface area contributed by atoms with Crippen molar-refractivity contribution in [1.82, 2.24) is 10.2 Å². The van der Waals surface area contributed by atoms with Crippen LogP contribution in [0.15, 0.2) is 24.3 Å². The summed E-state index contributed by atoms with van der Waals surface area (Å²) >= 11 is 0. The smallest absolute Gasteiger partial charge is 0.223 e. The van der Waals surface area contributed by atoms with Crippen LogP contribution in [0.4, 0.5) is 4.39 Å². The van der Waals surface area contributed by atoms with Crippen LogP contribution < -0.4 is 5.32 Å². The van der Waals surface area contributed by atoms with Crippen LogP contribution in [0.25, 0.3) is 0 Å². The Morgan fingerprint density at radius 2 is 2.09 bits per heavy atom. The third-order valence-corrected chi connectivity index (χ3v) is 4.31. The molecule has 1 aliphatic heterocycles. The van der Waals surface area contributed by atoms with E-state index in [2.05, 4.69) is 5.32 Å². The molecule has 0 spiro atoms. The highest BCUT2D eigenvalue weighted by molar-refractivity contribution is 5.79. The van der Waals surface area contributed by atoms with Crippen molar-refractivity contribution in [3.05, 3.63) is 35.6 Å². The lowest BCUT2D eigenvalue weighted by molar-refractivity contribution is -0.129. The third kappa shape index (κ3) is 5.05. The molecule has 4 nitrogen and oxygen atoms in total. The van der Waals surface area contributed by atoms with E-state index >= 15 is 0 Å². The lowest BCUT2D eigenvalue weighted by Gasteiger charge is -2.23. The van der Waals surface area contributed by atoms with E-state index in [4.69, 9.17) is 0 Å². The Labute approximate surface area is 137 Å². The topological polar surface area (TPSA) is 49.4 Å². The van der Waals surface area contributed by atoms with Crippen molar-refractivity contribution in [1.29, 1.82) is 0 Å². The zero-order valence-electron chi connectivity index (χ0n) is 13.8. The highest BCUT2D eigenvalue weighted by Crippen LogP contribution is 2.14. The molecule has 1 fully saturated rings. The number of hydrogen-bond donors (Lipinski definition) is 1. The Morgan fingerprint density at radius 3 is 2.74 bits per heavy atom. The van der Waals surface area contributed by atoms with E-state index in [9.17, 15) is 14.0 Å². The first-order chi connectivity index (χ1) is 11.0. The third-order valence-electron chi connectivity index (χ3n) is 4.31. The molecule has 5 heteroatoms. The van der Waals surface area contributed by atoms with E-state index in [1.807, 2.05) is 13.8 Å². The summed E-state index contributed by atoms with van der Waals surface area (Å²) in [6, 6.07) is 6.59. The number of aryl methyl sites for hydroxylation is 1. The van der Waals surface area contributed by atoms with Crippen molar-refractivity contribution in [2.75, 3.05) is 13.1 Å². The molecule has 0 saturated carbocycles. The number of nitrogens with one attached hydrogen (secondary N) is 1. The van der Waals surface area contributed by atoms with Gasteiger partial charge in [-0.25, -0.2) is 4.39 Å². The van der Waals surface area contributed by atoms with Gasteiger partial charge in [-0.2, -0.15) is 0 Å². The van der Waals surface area contributed by atoms with Crippen LogP contribution in [0.2, 0.25) is 0 Å². The Hall–Kier alpha value is -1.91. The predicted molar refractivity (Wildman–Crippen MR) is 87.3 cm³/mol. The zero-order chi connectivity index (χ0) is 16.8. The molecule has 1 aromatic rings. The van der Waals surface area contributed by atoms with E-state index in [-0.39, 0.29) is 29.6 Å². The van der Waals surface area contributed by atoms with E-state index in [0.29, 0.717) is 31.4 Å². The number of halogens is 1. The molecule has 2 rings (SSSR count). The normalized spacial score (nSPS) is 17.2. The second kappa shape index (κ2) is 8.09. The zero-order valence-corrected chi connectivity index (χ0v) is 13.8. The van der Waals surface area contributed by atoms with Gasteiger partial charge in [0.1, 0.15) is 5.82 Å². The summed E-state index contributed by atoms with van der Waals surface area (Å²) in [7, 11) is 0. The highest BCUT2D eigenvalue weighted by Gasteiger charge is 2.23. The minimum Gasteiger partial charge on any atom is -0.352 e. The molecule has 0 unspecified atom stereocenters. The van der Waals surface area contributed by atoms with Crippen LogP contribution in [0.3, 0.4) is 0 Å². The molecule has 1 aliphatic rings.